The molecule has 0 fully saturated rings. The van der Waals surface area contributed by atoms with Gasteiger partial charge in [-0.1, -0.05) is 32.9 Å². The molecule has 0 bridgehead atoms. The lowest BCUT2D eigenvalue weighted by molar-refractivity contribution is 0.850. The van der Waals surface area contributed by atoms with Crippen molar-refractivity contribution in [1.82, 2.24) is 0 Å². The third-order valence-corrected chi connectivity index (χ3v) is 2.73. The zero-order valence-corrected chi connectivity index (χ0v) is 9.44. The van der Waals surface area contributed by atoms with Crippen molar-refractivity contribution in [3.8, 4) is 0 Å². The van der Waals surface area contributed by atoms with E-state index >= 15 is 0 Å². The lowest BCUT2D eigenvalue weighted by Gasteiger charge is -2.13. The summed E-state index contributed by atoms with van der Waals surface area (Å²) in [5.74, 6) is 0.644. The highest BCUT2D eigenvalue weighted by Gasteiger charge is 2.06. The van der Waals surface area contributed by atoms with Gasteiger partial charge < -0.3 is 0 Å². The monoisotopic (exact) mass is 176 g/mol. The summed E-state index contributed by atoms with van der Waals surface area (Å²) in [6, 6.07) is 4.68. The van der Waals surface area contributed by atoms with Crippen LogP contribution in [0.15, 0.2) is 12.1 Å². The highest BCUT2D eigenvalue weighted by Crippen LogP contribution is 2.23. The molecule has 0 heterocycles. The molecule has 0 saturated heterocycles. The molecular formula is C13H20. The highest BCUT2D eigenvalue weighted by molar-refractivity contribution is 5.38. The van der Waals surface area contributed by atoms with Crippen LogP contribution in [0.3, 0.4) is 0 Å². The first-order valence-corrected chi connectivity index (χ1v) is 5.16. The first-order valence-electron chi connectivity index (χ1n) is 5.16. The minimum atomic E-state index is 0.644. The molecule has 13 heavy (non-hydrogen) atoms. The van der Waals surface area contributed by atoms with E-state index in [1.165, 1.54) is 22.3 Å². The molecule has 0 aliphatic carbocycles. The molecule has 1 aromatic rings. The van der Waals surface area contributed by atoms with Crippen molar-refractivity contribution in [2.75, 3.05) is 0 Å². The Bertz CT molecular complexity index is 295. The standard InChI is InChI=1S/C13H20/c1-6-12-8-13(9(2)3)11(5)7-10(12)4/h7-9H,6H2,1-5H3. The van der Waals surface area contributed by atoms with Crippen LogP contribution in [0.1, 0.15) is 48.9 Å². The van der Waals surface area contributed by atoms with Gasteiger partial charge in [0.2, 0.25) is 0 Å². The van der Waals surface area contributed by atoms with E-state index in [4.69, 9.17) is 0 Å². The molecule has 0 aliphatic heterocycles. The Hall–Kier alpha value is -0.780. The molecule has 1 aromatic carbocycles. The Kier molecular flexibility index (Phi) is 3.13. The van der Waals surface area contributed by atoms with Gasteiger partial charge in [0.05, 0.1) is 0 Å². The summed E-state index contributed by atoms with van der Waals surface area (Å²) in [7, 11) is 0. The largest absolute Gasteiger partial charge is 0.0613 e. The number of hydrogen-bond acceptors (Lipinski definition) is 0. The van der Waals surface area contributed by atoms with Crippen LogP contribution in [0.25, 0.3) is 0 Å². The SMILES string of the molecule is CCc1cc(C(C)C)c(C)cc1C. The van der Waals surface area contributed by atoms with E-state index < -0.39 is 0 Å². The van der Waals surface area contributed by atoms with E-state index in [0.29, 0.717) is 5.92 Å². The predicted octanol–water partition coefficient (Wildman–Crippen LogP) is 3.99. The molecule has 0 N–H and O–H groups in total. The maximum absolute atomic E-state index is 2.37. The zero-order chi connectivity index (χ0) is 10.0. The van der Waals surface area contributed by atoms with Gasteiger partial charge in [0, 0.05) is 0 Å². The number of benzene rings is 1. The lowest BCUT2D eigenvalue weighted by Crippen LogP contribution is -1.96. The zero-order valence-electron chi connectivity index (χ0n) is 9.44. The second-order valence-electron chi connectivity index (χ2n) is 4.14. The second kappa shape index (κ2) is 3.95. The first kappa shape index (κ1) is 10.3. The van der Waals surface area contributed by atoms with Crippen molar-refractivity contribution in [2.24, 2.45) is 0 Å². The minimum Gasteiger partial charge on any atom is -0.0613 e. The maximum Gasteiger partial charge on any atom is -0.0216 e. The van der Waals surface area contributed by atoms with Gasteiger partial charge in [0.15, 0.2) is 0 Å². The Balaban J connectivity index is 3.22. The summed E-state index contributed by atoms with van der Waals surface area (Å²) in [6.07, 6.45) is 1.14. The summed E-state index contributed by atoms with van der Waals surface area (Å²) in [6.45, 7) is 11.2. The lowest BCUT2D eigenvalue weighted by atomic mass is 9.92. The molecule has 0 amide bonds. The van der Waals surface area contributed by atoms with Crippen LogP contribution < -0.4 is 0 Å². The quantitative estimate of drug-likeness (QED) is 0.639. The van der Waals surface area contributed by atoms with Crippen molar-refractivity contribution in [3.63, 3.8) is 0 Å². The molecule has 0 spiro atoms. The van der Waals surface area contributed by atoms with Crippen LogP contribution in [0.4, 0.5) is 0 Å². The van der Waals surface area contributed by atoms with E-state index in [1.54, 1.807) is 0 Å². The van der Waals surface area contributed by atoms with Crippen LogP contribution in [-0.2, 0) is 6.42 Å². The molecule has 0 saturated carbocycles. The van der Waals surface area contributed by atoms with Gasteiger partial charge in [-0.05, 0) is 48.4 Å². The third-order valence-electron chi connectivity index (χ3n) is 2.73. The summed E-state index contributed by atoms with van der Waals surface area (Å²) >= 11 is 0. The van der Waals surface area contributed by atoms with Crippen LogP contribution in [-0.4, -0.2) is 0 Å². The first-order chi connectivity index (χ1) is 6.06. The number of rotatable bonds is 2. The topological polar surface area (TPSA) is 0 Å². The van der Waals surface area contributed by atoms with E-state index in [9.17, 15) is 0 Å². The van der Waals surface area contributed by atoms with Gasteiger partial charge in [-0.2, -0.15) is 0 Å². The van der Waals surface area contributed by atoms with Gasteiger partial charge in [0.1, 0.15) is 0 Å². The smallest absolute Gasteiger partial charge is 0.0216 e. The molecule has 0 aromatic heterocycles. The summed E-state index contributed by atoms with van der Waals surface area (Å²) < 4.78 is 0. The molecular weight excluding hydrogens is 156 g/mol. The Labute approximate surface area is 82.0 Å². The van der Waals surface area contributed by atoms with Crippen molar-refractivity contribution in [2.45, 2.75) is 47.0 Å². The Morgan fingerprint density at radius 1 is 1.08 bits per heavy atom. The predicted molar refractivity (Wildman–Crippen MR) is 59.4 cm³/mol. The molecule has 0 unspecified atom stereocenters. The van der Waals surface area contributed by atoms with Crippen molar-refractivity contribution < 1.29 is 0 Å². The fourth-order valence-electron chi connectivity index (χ4n) is 1.92. The van der Waals surface area contributed by atoms with Crippen molar-refractivity contribution in [3.05, 3.63) is 34.4 Å². The van der Waals surface area contributed by atoms with E-state index in [1.807, 2.05) is 0 Å². The minimum absolute atomic E-state index is 0.644. The van der Waals surface area contributed by atoms with Crippen LogP contribution >= 0.6 is 0 Å². The normalized spacial score (nSPS) is 10.9. The molecule has 0 heteroatoms. The van der Waals surface area contributed by atoms with Gasteiger partial charge >= 0.3 is 0 Å². The molecule has 0 radical (unpaired) electrons. The molecule has 0 atom stereocenters. The number of hydrogen-bond donors (Lipinski definition) is 0. The summed E-state index contributed by atoms with van der Waals surface area (Å²) in [4.78, 5) is 0. The molecule has 0 nitrogen and oxygen atoms in total. The van der Waals surface area contributed by atoms with Crippen LogP contribution in [0.2, 0.25) is 0 Å². The van der Waals surface area contributed by atoms with Crippen molar-refractivity contribution in [1.29, 1.82) is 0 Å². The van der Waals surface area contributed by atoms with E-state index in [0.717, 1.165) is 6.42 Å². The number of aryl methyl sites for hydroxylation is 3. The van der Waals surface area contributed by atoms with Gasteiger partial charge in [-0.25, -0.2) is 0 Å². The van der Waals surface area contributed by atoms with Gasteiger partial charge in [0.25, 0.3) is 0 Å². The summed E-state index contributed by atoms with van der Waals surface area (Å²) in [5, 5.41) is 0. The summed E-state index contributed by atoms with van der Waals surface area (Å²) in [5.41, 5.74) is 5.87. The fraction of sp³-hybridized carbons (Fsp3) is 0.538. The third kappa shape index (κ3) is 2.12. The van der Waals surface area contributed by atoms with Crippen LogP contribution in [0.5, 0.6) is 0 Å². The van der Waals surface area contributed by atoms with Crippen molar-refractivity contribution >= 4 is 0 Å². The molecule has 0 aliphatic rings. The van der Waals surface area contributed by atoms with Gasteiger partial charge in [-0.3, -0.25) is 0 Å². The molecule has 72 valence electrons. The average molecular weight is 176 g/mol. The average Bonchev–Trinajstić information content (AvgIpc) is 2.03. The maximum atomic E-state index is 2.37. The van der Waals surface area contributed by atoms with Gasteiger partial charge in [-0.15, -0.1) is 0 Å². The van der Waals surface area contributed by atoms with E-state index in [-0.39, 0.29) is 0 Å². The fourth-order valence-corrected chi connectivity index (χ4v) is 1.92. The Morgan fingerprint density at radius 3 is 2.15 bits per heavy atom. The van der Waals surface area contributed by atoms with Crippen LogP contribution in [0, 0.1) is 13.8 Å². The van der Waals surface area contributed by atoms with E-state index in [2.05, 4.69) is 46.8 Å². The highest BCUT2D eigenvalue weighted by atomic mass is 14.1. The second-order valence-corrected chi connectivity index (χ2v) is 4.14. The molecule has 1 rings (SSSR count). The Morgan fingerprint density at radius 2 is 1.69 bits per heavy atom.